The first-order valence-corrected chi connectivity index (χ1v) is 13.2. The van der Waals surface area contributed by atoms with E-state index < -0.39 is 17.1 Å². The Morgan fingerprint density at radius 2 is 1.84 bits per heavy atom. The lowest BCUT2D eigenvalue weighted by Crippen LogP contribution is -2.36. The molecule has 1 heterocycles. The molecule has 9 heteroatoms. The second kappa shape index (κ2) is 12.1. The van der Waals surface area contributed by atoms with E-state index in [2.05, 4.69) is 21.2 Å². The number of aryl methyl sites for hydroxylation is 1. The number of nitrogens with zero attached hydrogens (tertiary/aromatic N) is 1. The summed E-state index contributed by atoms with van der Waals surface area (Å²) in [5.74, 6) is 0.259. The van der Waals surface area contributed by atoms with Gasteiger partial charge in [-0.1, -0.05) is 45.8 Å². The third-order valence-electron chi connectivity index (χ3n) is 5.36. The van der Waals surface area contributed by atoms with E-state index in [1.54, 1.807) is 36.4 Å². The molecule has 0 saturated carbocycles. The Balaban J connectivity index is 1.44. The van der Waals surface area contributed by atoms with Crippen molar-refractivity contribution in [3.63, 3.8) is 0 Å². The lowest BCUT2D eigenvalue weighted by atomic mass is 10.1. The number of amides is 3. The van der Waals surface area contributed by atoms with E-state index in [4.69, 9.17) is 9.47 Å². The van der Waals surface area contributed by atoms with Crippen molar-refractivity contribution in [3.05, 3.63) is 92.8 Å². The Kier molecular flexibility index (Phi) is 8.68. The summed E-state index contributed by atoms with van der Waals surface area (Å²) < 4.78 is 12.2. The van der Waals surface area contributed by atoms with E-state index >= 15 is 0 Å². The van der Waals surface area contributed by atoms with Crippen LogP contribution in [0.25, 0.3) is 6.08 Å². The van der Waals surface area contributed by atoms with Crippen LogP contribution in [0.1, 0.15) is 23.6 Å². The first-order valence-electron chi connectivity index (χ1n) is 11.6. The molecule has 0 unspecified atom stereocenters. The van der Waals surface area contributed by atoms with Gasteiger partial charge in [0.2, 0.25) is 5.91 Å². The molecule has 190 valence electrons. The van der Waals surface area contributed by atoms with Crippen LogP contribution in [0, 0.1) is 6.92 Å². The summed E-state index contributed by atoms with van der Waals surface area (Å²) >= 11 is 4.25. The molecule has 3 amide bonds. The minimum Gasteiger partial charge on any atom is -0.494 e. The number of nitrogens with one attached hydrogen (secondary N) is 1. The highest BCUT2D eigenvalue weighted by Crippen LogP contribution is 2.35. The van der Waals surface area contributed by atoms with E-state index in [1.807, 2.05) is 50.2 Å². The molecule has 0 radical (unpaired) electrons. The van der Waals surface area contributed by atoms with Gasteiger partial charge in [0.1, 0.15) is 24.7 Å². The second-order valence-electron chi connectivity index (χ2n) is 8.23. The van der Waals surface area contributed by atoms with Crippen LogP contribution in [0.5, 0.6) is 11.5 Å². The number of benzene rings is 3. The van der Waals surface area contributed by atoms with Crippen molar-refractivity contribution in [2.24, 2.45) is 0 Å². The van der Waals surface area contributed by atoms with Crippen molar-refractivity contribution < 1.29 is 23.9 Å². The molecule has 1 fully saturated rings. The maximum atomic E-state index is 13.0. The fraction of sp³-hybridized carbons (Fsp3) is 0.179. The monoisotopic (exact) mass is 580 g/mol. The summed E-state index contributed by atoms with van der Waals surface area (Å²) in [5, 5.41) is 2.20. The zero-order chi connectivity index (χ0) is 26.4. The van der Waals surface area contributed by atoms with Crippen LogP contribution in [-0.2, 0) is 16.2 Å². The van der Waals surface area contributed by atoms with Crippen molar-refractivity contribution >= 4 is 56.5 Å². The van der Waals surface area contributed by atoms with Gasteiger partial charge < -0.3 is 14.8 Å². The minimum atomic E-state index is -0.526. The Morgan fingerprint density at radius 3 is 2.57 bits per heavy atom. The van der Waals surface area contributed by atoms with Crippen LogP contribution < -0.4 is 14.8 Å². The largest absolute Gasteiger partial charge is 0.494 e. The van der Waals surface area contributed by atoms with Gasteiger partial charge in [0.25, 0.3) is 11.1 Å². The number of hydrogen-bond donors (Lipinski definition) is 1. The molecule has 0 aromatic heterocycles. The predicted molar refractivity (Wildman–Crippen MR) is 149 cm³/mol. The number of hydrogen-bond acceptors (Lipinski definition) is 6. The summed E-state index contributed by atoms with van der Waals surface area (Å²) in [6.45, 7) is 4.42. The number of ether oxygens (including phenoxy) is 2. The number of carbonyl (C=O) groups is 3. The molecule has 0 spiro atoms. The molecule has 0 bridgehead atoms. The quantitative estimate of drug-likeness (QED) is 0.294. The van der Waals surface area contributed by atoms with Gasteiger partial charge >= 0.3 is 0 Å². The Hall–Kier alpha value is -3.56. The maximum absolute atomic E-state index is 13.0. The van der Waals surface area contributed by atoms with Crippen molar-refractivity contribution in [2.45, 2.75) is 20.5 Å². The highest BCUT2D eigenvalue weighted by atomic mass is 79.9. The van der Waals surface area contributed by atoms with Crippen LogP contribution in [0.3, 0.4) is 0 Å². The van der Waals surface area contributed by atoms with Gasteiger partial charge in [0.05, 0.1) is 11.5 Å². The number of halogens is 1. The topological polar surface area (TPSA) is 84.9 Å². The Morgan fingerprint density at radius 1 is 1.05 bits per heavy atom. The van der Waals surface area contributed by atoms with Crippen molar-refractivity contribution in [1.82, 2.24) is 4.90 Å². The third kappa shape index (κ3) is 7.02. The van der Waals surface area contributed by atoms with Gasteiger partial charge in [-0.3, -0.25) is 19.3 Å². The molecule has 3 aromatic rings. The first kappa shape index (κ1) is 26.5. The molecular formula is C28H25BrN2O5S. The molecular weight excluding hydrogens is 556 g/mol. The summed E-state index contributed by atoms with van der Waals surface area (Å²) in [4.78, 5) is 39.3. The molecule has 37 heavy (non-hydrogen) atoms. The predicted octanol–water partition coefficient (Wildman–Crippen LogP) is 6.41. The van der Waals surface area contributed by atoms with Gasteiger partial charge in [0, 0.05) is 15.7 Å². The first-order chi connectivity index (χ1) is 17.8. The summed E-state index contributed by atoms with van der Waals surface area (Å²) in [7, 11) is 0. The van der Waals surface area contributed by atoms with E-state index in [0.29, 0.717) is 36.0 Å². The van der Waals surface area contributed by atoms with E-state index in [0.717, 1.165) is 32.3 Å². The average Bonchev–Trinajstić information content (AvgIpc) is 3.12. The SMILES string of the molecule is CCOc1ccc(NC(=O)CN2C(=O)S/C(=C/c3cc(Br)ccc3OCc3cccc(C)c3)C2=O)cc1. The number of rotatable bonds is 9. The summed E-state index contributed by atoms with van der Waals surface area (Å²) in [6.07, 6.45) is 1.62. The molecule has 1 N–H and O–H groups in total. The summed E-state index contributed by atoms with van der Waals surface area (Å²) in [5.41, 5.74) is 3.34. The zero-order valence-electron chi connectivity index (χ0n) is 20.3. The van der Waals surface area contributed by atoms with Gasteiger partial charge in [0.15, 0.2) is 0 Å². The van der Waals surface area contributed by atoms with Gasteiger partial charge in [-0.25, -0.2) is 0 Å². The van der Waals surface area contributed by atoms with Gasteiger partial charge in [-0.05, 0) is 79.7 Å². The molecule has 1 aliphatic rings. The normalized spacial score (nSPS) is 14.2. The second-order valence-corrected chi connectivity index (χ2v) is 10.1. The highest BCUT2D eigenvalue weighted by Gasteiger charge is 2.36. The minimum absolute atomic E-state index is 0.220. The lowest BCUT2D eigenvalue weighted by molar-refractivity contribution is -0.127. The number of anilines is 1. The van der Waals surface area contributed by atoms with E-state index in [9.17, 15) is 14.4 Å². The number of imide groups is 1. The summed E-state index contributed by atoms with van der Waals surface area (Å²) in [6, 6.07) is 20.3. The fourth-order valence-electron chi connectivity index (χ4n) is 3.65. The molecule has 0 aliphatic carbocycles. The van der Waals surface area contributed by atoms with Crippen molar-refractivity contribution in [2.75, 3.05) is 18.5 Å². The highest BCUT2D eigenvalue weighted by molar-refractivity contribution is 9.10. The smallest absolute Gasteiger partial charge is 0.294 e. The molecule has 1 aliphatic heterocycles. The van der Waals surface area contributed by atoms with Crippen LogP contribution in [0.15, 0.2) is 76.1 Å². The van der Waals surface area contributed by atoms with Crippen LogP contribution in [0.4, 0.5) is 10.5 Å². The van der Waals surface area contributed by atoms with E-state index in [1.165, 1.54) is 0 Å². The Bertz CT molecular complexity index is 1360. The van der Waals surface area contributed by atoms with Gasteiger partial charge in [-0.2, -0.15) is 0 Å². The molecule has 3 aromatic carbocycles. The van der Waals surface area contributed by atoms with Crippen molar-refractivity contribution in [3.8, 4) is 11.5 Å². The lowest BCUT2D eigenvalue weighted by Gasteiger charge is -2.13. The zero-order valence-corrected chi connectivity index (χ0v) is 22.7. The molecule has 0 atom stereocenters. The van der Waals surface area contributed by atoms with Crippen LogP contribution in [0.2, 0.25) is 0 Å². The molecule has 1 saturated heterocycles. The number of thioether (sulfide) groups is 1. The van der Waals surface area contributed by atoms with Gasteiger partial charge in [-0.15, -0.1) is 0 Å². The Labute approximate surface area is 228 Å². The molecule has 7 nitrogen and oxygen atoms in total. The fourth-order valence-corrected chi connectivity index (χ4v) is 4.86. The van der Waals surface area contributed by atoms with Crippen LogP contribution >= 0.6 is 27.7 Å². The third-order valence-corrected chi connectivity index (χ3v) is 6.76. The number of carbonyl (C=O) groups excluding carboxylic acids is 3. The molecule has 4 rings (SSSR count). The van der Waals surface area contributed by atoms with Crippen molar-refractivity contribution in [1.29, 1.82) is 0 Å². The standard InChI is InChI=1S/C28H25BrN2O5S/c1-3-35-23-10-8-22(9-11-23)30-26(32)16-31-27(33)25(37-28(31)34)15-20-14-21(29)7-12-24(20)36-17-19-6-4-5-18(2)13-19/h4-15H,3,16-17H2,1-2H3,(H,30,32)/b25-15+. The van der Waals surface area contributed by atoms with E-state index in [-0.39, 0.29) is 11.4 Å². The van der Waals surface area contributed by atoms with Crippen LogP contribution in [-0.4, -0.2) is 35.1 Å². The average molecular weight is 581 g/mol. The maximum Gasteiger partial charge on any atom is 0.294 e.